The van der Waals surface area contributed by atoms with Gasteiger partial charge in [0.2, 0.25) is 0 Å². The number of likely N-dealkylation sites (N-methyl/N-ethyl adjacent to an activating group) is 1. The van der Waals surface area contributed by atoms with Gasteiger partial charge in [0, 0.05) is 44.5 Å². The van der Waals surface area contributed by atoms with Gasteiger partial charge in [-0.05, 0) is 37.6 Å². The Hall–Kier alpha value is -1.06. The van der Waals surface area contributed by atoms with E-state index in [9.17, 15) is 0 Å². The number of rotatable bonds is 4. The summed E-state index contributed by atoms with van der Waals surface area (Å²) in [6.45, 7) is 5.86. The monoisotopic (exact) mass is 245 g/mol. The summed E-state index contributed by atoms with van der Waals surface area (Å²) in [4.78, 5) is 4.96. The molecule has 3 rings (SSSR count). The number of hydrogen-bond acceptors (Lipinski definition) is 3. The highest BCUT2D eigenvalue weighted by atomic mass is 15.2. The van der Waals surface area contributed by atoms with Crippen molar-refractivity contribution in [1.82, 2.24) is 9.80 Å². The van der Waals surface area contributed by atoms with Gasteiger partial charge in [0.05, 0.1) is 0 Å². The molecule has 0 amide bonds. The fourth-order valence-electron chi connectivity index (χ4n) is 2.49. The Morgan fingerprint density at radius 3 is 2.67 bits per heavy atom. The van der Waals surface area contributed by atoms with Crippen LogP contribution in [0.2, 0.25) is 0 Å². The Morgan fingerprint density at radius 2 is 1.94 bits per heavy atom. The first-order chi connectivity index (χ1) is 8.79. The van der Waals surface area contributed by atoms with Crippen LogP contribution < -0.4 is 5.32 Å². The van der Waals surface area contributed by atoms with Crippen LogP contribution in [0.1, 0.15) is 18.4 Å². The van der Waals surface area contributed by atoms with Gasteiger partial charge in [-0.2, -0.15) is 0 Å². The number of nitrogens with zero attached hydrogens (tertiary/aromatic N) is 2. The molecule has 0 unspecified atom stereocenters. The minimum absolute atomic E-state index is 0.740. The number of nitrogens with one attached hydrogen (secondary N) is 1. The van der Waals surface area contributed by atoms with Gasteiger partial charge < -0.3 is 10.2 Å². The lowest BCUT2D eigenvalue weighted by molar-refractivity contribution is 0.148. The highest BCUT2D eigenvalue weighted by molar-refractivity contribution is 5.47. The van der Waals surface area contributed by atoms with Crippen LogP contribution in [0.4, 0.5) is 5.69 Å². The second-order valence-corrected chi connectivity index (χ2v) is 5.70. The van der Waals surface area contributed by atoms with Gasteiger partial charge in [-0.1, -0.05) is 12.1 Å². The van der Waals surface area contributed by atoms with Crippen molar-refractivity contribution < 1.29 is 0 Å². The van der Waals surface area contributed by atoms with Crippen LogP contribution in [-0.2, 0) is 6.54 Å². The summed E-state index contributed by atoms with van der Waals surface area (Å²) in [5, 5.41) is 3.57. The minimum Gasteiger partial charge on any atom is -0.382 e. The third-order valence-corrected chi connectivity index (χ3v) is 3.88. The molecule has 0 atom stereocenters. The van der Waals surface area contributed by atoms with Gasteiger partial charge in [0.15, 0.2) is 0 Å². The summed E-state index contributed by atoms with van der Waals surface area (Å²) in [6, 6.07) is 9.67. The molecular weight excluding hydrogens is 222 g/mol. The van der Waals surface area contributed by atoms with Crippen molar-refractivity contribution in [3.8, 4) is 0 Å². The lowest BCUT2D eigenvalue weighted by atomic mass is 10.1. The number of piperazine rings is 1. The Kier molecular flexibility index (Phi) is 3.52. The van der Waals surface area contributed by atoms with Gasteiger partial charge in [-0.25, -0.2) is 0 Å². The third-order valence-electron chi connectivity index (χ3n) is 3.88. The molecule has 3 nitrogen and oxygen atoms in total. The minimum atomic E-state index is 0.740. The van der Waals surface area contributed by atoms with Crippen LogP contribution in [-0.4, -0.2) is 49.1 Å². The van der Waals surface area contributed by atoms with Crippen LogP contribution in [0.3, 0.4) is 0 Å². The topological polar surface area (TPSA) is 18.5 Å². The normalized spacial score (nSPS) is 22.1. The Bertz CT molecular complexity index is 392. The molecule has 0 bridgehead atoms. The molecule has 0 radical (unpaired) electrons. The van der Waals surface area contributed by atoms with Gasteiger partial charge in [-0.15, -0.1) is 0 Å². The maximum atomic E-state index is 3.57. The average molecular weight is 245 g/mol. The number of benzene rings is 1. The van der Waals surface area contributed by atoms with Crippen molar-refractivity contribution in [3.05, 3.63) is 29.8 Å². The van der Waals surface area contributed by atoms with Crippen LogP contribution in [0.25, 0.3) is 0 Å². The Labute approximate surface area is 110 Å². The maximum Gasteiger partial charge on any atom is 0.0345 e. The first-order valence-electron chi connectivity index (χ1n) is 7.06. The molecule has 1 heterocycles. The molecule has 2 fully saturated rings. The van der Waals surface area contributed by atoms with Gasteiger partial charge >= 0.3 is 0 Å². The van der Waals surface area contributed by atoms with Crippen LogP contribution >= 0.6 is 0 Å². The molecule has 1 aliphatic heterocycles. The van der Waals surface area contributed by atoms with E-state index in [2.05, 4.69) is 46.4 Å². The van der Waals surface area contributed by atoms with E-state index in [-0.39, 0.29) is 0 Å². The smallest absolute Gasteiger partial charge is 0.0345 e. The summed E-state index contributed by atoms with van der Waals surface area (Å²) in [5.74, 6) is 0. The van der Waals surface area contributed by atoms with Gasteiger partial charge in [0.25, 0.3) is 0 Å². The SMILES string of the molecule is CN1CCN(Cc2cccc(NC3CC3)c2)CC1. The van der Waals surface area contributed by atoms with E-state index in [1.54, 1.807) is 0 Å². The molecule has 1 aromatic rings. The van der Waals surface area contributed by atoms with Gasteiger partial charge in [0.1, 0.15) is 0 Å². The summed E-state index contributed by atoms with van der Waals surface area (Å²) in [5.41, 5.74) is 2.73. The summed E-state index contributed by atoms with van der Waals surface area (Å²) in [7, 11) is 2.21. The second-order valence-electron chi connectivity index (χ2n) is 5.70. The highest BCUT2D eigenvalue weighted by Crippen LogP contribution is 2.25. The largest absolute Gasteiger partial charge is 0.382 e. The first kappa shape index (κ1) is 12.0. The van der Waals surface area contributed by atoms with Crippen LogP contribution in [0.5, 0.6) is 0 Å². The second kappa shape index (κ2) is 5.29. The highest BCUT2D eigenvalue weighted by Gasteiger charge is 2.20. The molecule has 18 heavy (non-hydrogen) atoms. The van der Waals surface area contributed by atoms with E-state index in [0.29, 0.717) is 0 Å². The molecule has 1 N–H and O–H groups in total. The molecule has 1 aromatic carbocycles. The molecule has 3 heteroatoms. The maximum absolute atomic E-state index is 3.57. The average Bonchev–Trinajstić information content (AvgIpc) is 3.17. The van der Waals surface area contributed by atoms with Crippen molar-refractivity contribution in [2.75, 3.05) is 38.5 Å². The van der Waals surface area contributed by atoms with E-state index >= 15 is 0 Å². The molecule has 0 aromatic heterocycles. The van der Waals surface area contributed by atoms with E-state index < -0.39 is 0 Å². The standard InChI is InChI=1S/C15H23N3/c1-17-7-9-18(10-8-17)12-13-3-2-4-15(11-13)16-14-5-6-14/h2-4,11,14,16H,5-10,12H2,1H3. The van der Waals surface area contributed by atoms with Crippen molar-refractivity contribution in [1.29, 1.82) is 0 Å². The van der Waals surface area contributed by atoms with Gasteiger partial charge in [-0.3, -0.25) is 4.90 Å². The van der Waals surface area contributed by atoms with E-state index in [1.165, 1.54) is 50.3 Å². The van der Waals surface area contributed by atoms with Crippen molar-refractivity contribution in [2.24, 2.45) is 0 Å². The first-order valence-corrected chi connectivity index (χ1v) is 7.06. The zero-order valence-electron chi connectivity index (χ0n) is 11.2. The fourth-order valence-corrected chi connectivity index (χ4v) is 2.49. The predicted molar refractivity (Wildman–Crippen MR) is 75.9 cm³/mol. The lowest BCUT2D eigenvalue weighted by Crippen LogP contribution is -2.43. The zero-order valence-corrected chi connectivity index (χ0v) is 11.2. The number of hydrogen-bond donors (Lipinski definition) is 1. The van der Waals surface area contributed by atoms with Crippen molar-refractivity contribution in [2.45, 2.75) is 25.4 Å². The Balaban J connectivity index is 1.57. The molecule has 0 spiro atoms. The lowest BCUT2D eigenvalue weighted by Gasteiger charge is -2.32. The molecular formula is C15H23N3. The zero-order chi connectivity index (χ0) is 12.4. The van der Waals surface area contributed by atoms with E-state index in [1.807, 2.05) is 0 Å². The third kappa shape index (κ3) is 3.24. The quantitative estimate of drug-likeness (QED) is 0.875. The molecule has 1 saturated heterocycles. The number of anilines is 1. The predicted octanol–water partition coefficient (Wildman–Crippen LogP) is 2.01. The summed E-state index contributed by atoms with van der Waals surface area (Å²) in [6.07, 6.45) is 2.67. The Morgan fingerprint density at radius 1 is 1.17 bits per heavy atom. The molecule has 1 saturated carbocycles. The summed E-state index contributed by atoms with van der Waals surface area (Å²) >= 11 is 0. The van der Waals surface area contributed by atoms with Crippen LogP contribution in [0.15, 0.2) is 24.3 Å². The fraction of sp³-hybridized carbons (Fsp3) is 0.600. The summed E-state index contributed by atoms with van der Waals surface area (Å²) < 4.78 is 0. The van der Waals surface area contributed by atoms with Crippen molar-refractivity contribution >= 4 is 5.69 Å². The van der Waals surface area contributed by atoms with Crippen LogP contribution in [0, 0.1) is 0 Å². The molecule has 98 valence electrons. The van der Waals surface area contributed by atoms with E-state index in [0.717, 1.165) is 12.6 Å². The molecule has 2 aliphatic rings. The molecule has 1 aliphatic carbocycles. The van der Waals surface area contributed by atoms with Crippen molar-refractivity contribution in [3.63, 3.8) is 0 Å². The van der Waals surface area contributed by atoms with E-state index in [4.69, 9.17) is 0 Å².